The van der Waals surface area contributed by atoms with Gasteiger partial charge in [0.2, 0.25) is 0 Å². The number of nitrogens with zero attached hydrogens (tertiary/aromatic N) is 2. The van der Waals surface area contributed by atoms with Crippen LogP contribution in [0.3, 0.4) is 0 Å². The molecule has 0 aliphatic heterocycles. The van der Waals surface area contributed by atoms with Crippen molar-refractivity contribution in [2.45, 2.75) is 26.7 Å². The zero-order valence-corrected chi connectivity index (χ0v) is 11.3. The van der Waals surface area contributed by atoms with Gasteiger partial charge in [-0.05, 0) is 43.2 Å². The Labute approximate surface area is 113 Å². The van der Waals surface area contributed by atoms with Crippen molar-refractivity contribution in [3.63, 3.8) is 0 Å². The molecule has 3 nitrogen and oxygen atoms in total. The summed E-state index contributed by atoms with van der Waals surface area (Å²) in [5.41, 5.74) is 3.59. The van der Waals surface area contributed by atoms with Gasteiger partial charge < -0.3 is 5.11 Å². The van der Waals surface area contributed by atoms with Crippen molar-refractivity contribution < 1.29 is 5.11 Å². The fourth-order valence-corrected chi connectivity index (χ4v) is 1.82. The van der Waals surface area contributed by atoms with Gasteiger partial charge in [-0.3, -0.25) is 0 Å². The zero-order chi connectivity index (χ0) is 13.7. The maximum atomic E-state index is 9.89. The molecular formula is C16H18N2O. The van der Waals surface area contributed by atoms with Crippen molar-refractivity contribution in [2.75, 3.05) is 0 Å². The molecule has 3 heteroatoms. The van der Waals surface area contributed by atoms with Gasteiger partial charge in [-0.15, -0.1) is 5.11 Å². The van der Waals surface area contributed by atoms with E-state index in [1.165, 1.54) is 5.56 Å². The topological polar surface area (TPSA) is 45.0 Å². The van der Waals surface area contributed by atoms with Crippen LogP contribution in [0.4, 0.5) is 11.4 Å². The lowest BCUT2D eigenvalue weighted by Gasteiger charge is -2.02. The second-order valence-corrected chi connectivity index (χ2v) is 4.61. The van der Waals surface area contributed by atoms with Gasteiger partial charge in [-0.1, -0.05) is 37.1 Å². The average Bonchev–Trinajstić information content (AvgIpc) is 2.40. The highest BCUT2D eigenvalue weighted by atomic mass is 16.3. The standard InChI is InChI=1S/C16H18N2O/c1-3-4-13-7-10-15(16(19)11-13)18-17-14-8-5-12(2)6-9-14/h5-11,19H,3-4H2,1-2H3. The van der Waals surface area contributed by atoms with Gasteiger partial charge in [0.05, 0.1) is 5.69 Å². The largest absolute Gasteiger partial charge is 0.506 e. The molecular weight excluding hydrogens is 236 g/mol. The van der Waals surface area contributed by atoms with Gasteiger partial charge in [0.15, 0.2) is 0 Å². The summed E-state index contributed by atoms with van der Waals surface area (Å²) < 4.78 is 0. The molecule has 0 aliphatic rings. The van der Waals surface area contributed by atoms with E-state index in [9.17, 15) is 5.11 Å². The Hall–Kier alpha value is -2.16. The molecule has 0 atom stereocenters. The molecule has 0 amide bonds. The van der Waals surface area contributed by atoms with E-state index in [0.29, 0.717) is 5.69 Å². The first-order chi connectivity index (χ1) is 9.19. The number of hydrogen-bond acceptors (Lipinski definition) is 3. The van der Waals surface area contributed by atoms with Crippen molar-refractivity contribution in [3.8, 4) is 5.75 Å². The molecule has 2 aromatic rings. The summed E-state index contributed by atoms with van der Waals surface area (Å²) in [7, 11) is 0. The van der Waals surface area contributed by atoms with Crippen molar-refractivity contribution in [1.82, 2.24) is 0 Å². The number of phenolic OH excluding ortho intramolecular Hbond substituents is 1. The molecule has 0 unspecified atom stereocenters. The number of azo groups is 1. The van der Waals surface area contributed by atoms with Crippen LogP contribution in [0.15, 0.2) is 52.7 Å². The summed E-state index contributed by atoms with van der Waals surface area (Å²) >= 11 is 0. The molecule has 0 saturated carbocycles. The molecule has 0 bridgehead atoms. The van der Waals surface area contributed by atoms with E-state index in [1.54, 1.807) is 12.1 Å². The Morgan fingerprint density at radius 3 is 2.37 bits per heavy atom. The minimum atomic E-state index is 0.182. The van der Waals surface area contributed by atoms with E-state index in [0.717, 1.165) is 24.1 Å². The van der Waals surface area contributed by atoms with Gasteiger partial charge in [0, 0.05) is 0 Å². The van der Waals surface area contributed by atoms with Gasteiger partial charge in [-0.25, -0.2) is 0 Å². The monoisotopic (exact) mass is 254 g/mol. The third-order valence-electron chi connectivity index (χ3n) is 2.89. The van der Waals surface area contributed by atoms with Crippen LogP contribution in [-0.4, -0.2) is 5.11 Å². The predicted octanol–water partition coefficient (Wildman–Crippen LogP) is 5.07. The number of rotatable bonds is 4. The number of benzene rings is 2. The van der Waals surface area contributed by atoms with Crippen molar-refractivity contribution >= 4 is 11.4 Å². The average molecular weight is 254 g/mol. The summed E-state index contributed by atoms with van der Waals surface area (Å²) in [6, 6.07) is 13.3. The van der Waals surface area contributed by atoms with Gasteiger partial charge in [-0.2, -0.15) is 5.11 Å². The van der Waals surface area contributed by atoms with Crippen molar-refractivity contribution in [2.24, 2.45) is 10.2 Å². The van der Waals surface area contributed by atoms with E-state index >= 15 is 0 Å². The molecule has 1 N–H and O–H groups in total. The van der Waals surface area contributed by atoms with Crippen LogP contribution in [0.2, 0.25) is 0 Å². The normalized spacial score (nSPS) is 11.1. The lowest BCUT2D eigenvalue weighted by atomic mass is 10.1. The summed E-state index contributed by atoms with van der Waals surface area (Å²) in [6.07, 6.45) is 2.02. The molecule has 0 saturated heterocycles. The van der Waals surface area contributed by atoms with Crippen molar-refractivity contribution in [1.29, 1.82) is 0 Å². The first-order valence-electron chi connectivity index (χ1n) is 6.49. The Morgan fingerprint density at radius 2 is 1.74 bits per heavy atom. The van der Waals surface area contributed by atoms with Crippen LogP contribution in [0.1, 0.15) is 24.5 Å². The van der Waals surface area contributed by atoms with Gasteiger partial charge in [0.1, 0.15) is 11.4 Å². The first kappa shape index (κ1) is 13.3. The highest BCUT2D eigenvalue weighted by Crippen LogP contribution is 2.29. The van der Waals surface area contributed by atoms with Crippen LogP contribution in [0, 0.1) is 6.92 Å². The summed E-state index contributed by atoms with van der Waals surface area (Å²) in [5.74, 6) is 0.182. The van der Waals surface area contributed by atoms with E-state index in [-0.39, 0.29) is 5.75 Å². The van der Waals surface area contributed by atoms with E-state index in [1.807, 2.05) is 37.3 Å². The Balaban J connectivity index is 2.16. The Morgan fingerprint density at radius 1 is 1.00 bits per heavy atom. The third kappa shape index (κ3) is 3.65. The summed E-state index contributed by atoms with van der Waals surface area (Å²) in [6.45, 7) is 4.14. The molecule has 2 rings (SSSR count). The fourth-order valence-electron chi connectivity index (χ4n) is 1.82. The zero-order valence-electron chi connectivity index (χ0n) is 11.3. The lowest BCUT2D eigenvalue weighted by molar-refractivity contribution is 0.475. The number of hydrogen-bond donors (Lipinski definition) is 1. The van der Waals surface area contributed by atoms with Gasteiger partial charge in [0.25, 0.3) is 0 Å². The van der Waals surface area contributed by atoms with Crippen LogP contribution in [0.25, 0.3) is 0 Å². The van der Waals surface area contributed by atoms with E-state index < -0.39 is 0 Å². The molecule has 0 aromatic heterocycles. The van der Waals surface area contributed by atoms with E-state index in [4.69, 9.17) is 0 Å². The minimum Gasteiger partial charge on any atom is -0.506 e. The third-order valence-corrected chi connectivity index (χ3v) is 2.89. The van der Waals surface area contributed by atoms with Crippen LogP contribution >= 0.6 is 0 Å². The van der Waals surface area contributed by atoms with Crippen LogP contribution in [-0.2, 0) is 6.42 Å². The summed E-state index contributed by atoms with van der Waals surface area (Å²) in [4.78, 5) is 0. The number of phenols is 1. The SMILES string of the molecule is CCCc1ccc(N=Nc2ccc(C)cc2)c(O)c1. The van der Waals surface area contributed by atoms with Crippen LogP contribution < -0.4 is 0 Å². The number of aryl methyl sites for hydroxylation is 2. The molecule has 0 aliphatic carbocycles. The summed E-state index contributed by atoms with van der Waals surface area (Å²) in [5, 5.41) is 18.1. The molecule has 0 spiro atoms. The predicted molar refractivity (Wildman–Crippen MR) is 77.5 cm³/mol. The Bertz CT molecular complexity index is 574. The molecule has 0 radical (unpaired) electrons. The van der Waals surface area contributed by atoms with Gasteiger partial charge >= 0.3 is 0 Å². The minimum absolute atomic E-state index is 0.182. The Kier molecular flexibility index (Phi) is 4.29. The molecule has 0 fully saturated rings. The second-order valence-electron chi connectivity index (χ2n) is 4.61. The first-order valence-corrected chi connectivity index (χ1v) is 6.49. The molecule has 98 valence electrons. The fraction of sp³-hybridized carbons (Fsp3) is 0.250. The van der Waals surface area contributed by atoms with Crippen molar-refractivity contribution in [3.05, 3.63) is 53.6 Å². The maximum absolute atomic E-state index is 9.89. The number of aromatic hydroxyl groups is 1. The maximum Gasteiger partial charge on any atom is 0.143 e. The molecule has 2 aromatic carbocycles. The molecule has 19 heavy (non-hydrogen) atoms. The smallest absolute Gasteiger partial charge is 0.143 e. The highest BCUT2D eigenvalue weighted by Gasteiger charge is 2.01. The van der Waals surface area contributed by atoms with E-state index in [2.05, 4.69) is 17.2 Å². The highest BCUT2D eigenvalue weighted by molar-refractivity contribution is 5.52. The lowest BCUT2D eigenvalue weighted by Crippen LogP contribution is -1.81. The quantitative estimate of drug-likeness (QED) is 0.761. The molecule has 0 heterocycles. The second kappa shape index (κ2) is 6.14. The van der Waals surface area contributed by atoms with Crippen LogP contribution in [0.5, 0.6) is 5.75 Å².